The van der Waals surface area contributed by atoms with Gasteiger partial charge in [-0.3, -0.25) is 9.59 Å². The van der Waals surface area contributed by atoms with Crippen molar-refractivity contribution in [2.24, 2.45) is 0 Å². The number of para-hydroxylation sites is 1. The van der Waals surface area contributed by atoms with Gasteiger partial charge in [0.25, 0.3) is 11.7 Å². The summed E-state index contributed by atoms with van der Waals surface area (Å²) in [5.74, 6) is -0.545. The highest BCUT2D eigenvalue weighted by atomic mass is 16.5. The largest absolute Gasteiger partial charge is 0.497 e. The molecule has 0 unspecified atom stereocenters. The van der Waals surface area contributed by atoms with Gasteiger partial charge in [-0.2, -0.15) is 0 Å². The fourth-order valence-corrected chi connectivity index (χ4v) is 2.68. The molecule has 3 aromatic rings. The Balaban J connectivity index is 1.84. The summed E-state index contributed by atoms with van der Waals surface area (Å²) < 4.78 is 5.07. The Morgan fingerprint density at radius 2 is 1.88 bits per heavy atom. The molecule has 2 aromatic carbocycles. The van der Waals surface area contributed by atoms with Crippen molar-refractivity contribution in [1.29, 1.82) is 0 Å². The smallest absolute Gasteiger partial charge is 0.296 e. The third kappa shape index (κ3) is 2.88. The van der Waals surface area contributed by atoms with Crippen LogP contribution in [0, 0.1) is 0 Å². The molecule has 2 N–H and O–H groups in total. The zero-order valence-electron chi connectivity index (χ0n) is 13.6. The first-order valence-electron chi connectivity index (χ1n) is 7.72. The Labute approximate surface area is 139 Å². The number of aromatic amines is 1. The van der Waals surface area contributed by atoms with Crippen LogP contribution < -0.4 is 10.1 Å². The number of hydrogen-bond acceptors (Lipinski definition) is 3. The Morgan fingerprint density at radius 1 is 1.12 bits per heavy atom. The van der Waals surface area contributed by atoms with Gasteiger partial charge in [-0.1, -0.05) is 25.1 Å². The predicted octanol–water partition coefficient (Wildman–Crippen LogP) is 3.56. The third-order valence-electron chi connectivity index (χ3n) is 3.98. The topological polar surface area (TPSA) is 71.2 Å². The molecule has 0 radical (unpaired) electrons. The third-order valence-corrected chi connectivity index (χ3v) is 3.98. The summed E-state index contributed by atoms with van der Waals surface area (Å²) in [7, 11) is 1.57. The summed E-state index contributed by atoms with van der Waals surface area (Å²) in [5, 5.41) is 3.38. The number of H-pyrrole nitrogens is 1. The number of methoxy groups -OCH3 is 1. The van der Waals surface area contributed by atoms with Gasteiger partial charge in [-0.25, -0.2) is 0 Å². The van der Waals surface area contributed by atoms with Crippen molar-refractivity contribution in [3.63, 3.8) is 0 Å². The standard InChI is InChI=1S/C19H18N2O3/c1-3-12-5-4-6-15-16(11-20-17(12)15)18(22)19(23)21-13-7-9-14(24-2)10-8-13/h4-11,20H,3H2,1-2H3,(H,21,23). The molecule has 0 spiro atoms. The Kier molecular flexibility index (Phi) is 4.33. The van der Waals surface area contributed by atoms with Crippen molar-refractivity contribution in [2.45, 2.75) is 13.3 Å². The second kappa shape index (κ2) is 6.58. The number of nitrogens with one attached hydrogen (secondary N) is 2. The number of carbonyl (C=O) groups excluding carboxylic acids is 2. The number of aromatic nitrogens is 1. The van der Waals surface area contributed by atoms with Crippen molar-refractivity contribution in [2.75, 3.05) is 12.4 Å². The number of aryl methyl sites for hydroxylation is 1. The molecule has 0 fully saturated rings. The number of ketones is 1. The molecule has 0 aliphatic rings. The SMILES string of the molecule is CCc1cccc2c(C(=O)C(=O)Nc3ccc(OC)cc3)c[nH]c12. The van der Waals surface area contributed by atoms with Gasteiger partial charge in [0.1, 0.15) is 5.75 Å². The fourth-order valence-electron chi connectivity index (χ4n) is 2.68. The van der Waals surface area contributed by atoms with Crippen LogP contribution in [0.25, 0.3) is 10.9 Å². The molecule has 0 bridgehead atoms. The molecule has 1 heterocycles. The van der Waals surface area contributed by atoms with E-state index in [-0.39, 0.29) is 0 Å². The molecule has 3 rings (SSSR count). The average Bonchev–Trinajstić information content (AvgIpc) is 3.05. The molecule has 0 aliphatic heterocycles. The van der Waals surface area contributed by atoms with E-state index >= 15 is 0 Å². The summed E-state index contributed by atoms with van der Waals surface area (Å²) in [6.07, 6.45) is 2.45. The van der Waals surface area contributed by atoms with Crippen LogP contribution in [-0.4, -0.2) is 23.8 Å². The number of amides is 1. The van der Waals surface area contributed by atoms with Crippen LogP contribution in [0.2, 0.25) is 0 Å². The van der Waals surface area contributed by atoms with E-state index in [1.165, 1.54) is 0 Å². The first-order chi connectivity index (χ1) is 11.6. The van der Waals surface area contributed by atoms with Crippen molar-refractivity contribution < 1.29 is 14.3 Å². The maximum Gasteiger partial charge on any atom is 0.296 e. The molecular formula is C19H18N2O3. The lowest BCUT2D eigenvalue weighted by atomic mass is 10.0. The molecule has 122 valence electrons. The highest BCUT2D eigenvalue weighted by Gasteiger charge is 2.20. The quantitative estimate of drug-likeness (QED) is 0.557. The molecule has 1 amide bonds. The Hall–Kier alpha value is -3.08. The fraction of sp³-hybridized carbons (Fsp3) is 0.158. The summed E-state index contributed by atoms with van der Waals surface area (Å²) in [5.41, 5.74) is 2.94. The van der Waals surface area contributed by atoms with Crippen LogP contribution in [0.5, 0.6) is 5.75 Å². The second-order valence-electron chi connectivity index (χ2n) is 5.41. The summed E-state index contributed by atoms with van der Waals surface area (Å²) in [6.45, 7) is 2.05. The number of Topliss-reactive ketones (excluding diaryl/α,β-unsaturated/α-hetero) is 1. The zero-order chi connectivity index (χ0) is 17.1. The van der Waals surface area contributed by atoms with Crippen LogP contribution >= 0.6 is 0 Å². The van der Waals surface area contributed by atoms with Crippen molar-refractivity contribution in [3.8, 4) is 5.75 Å². The van der Waals surface area contributed by atoms with Crippen molar-refractivity contribution in [3.05, 3.63) is 59.8 Å². The molecule has 5 heteroatoms. The molecule has 0 saturated heterocycles. The van der Waals surface area contributed by atoms with Gasteiger partial charge in [0.2, 0.25) is 0 Å². The molecule has 5 nitrogen and oxygen atoms in total. The molecule has 1 aromatic heterocycles. The number of ether oxygens (including phenoxy) is 1. The van der Waals surface area contributed by atoms with Gasteiger partial charge in [-0.05, 0) is 36.2 Å². The van der Waals surface area contributed by atoms with Gasteiger partial charge in [0, 0.05) is 22.8 Å². The zero-order valence-corrected chi connectivity index (χ0v) is 13.6. The van der Waals surface area contributed by atoms with Gasteiger partial charge >= 0.3 is 0 Å². The number of carbonyl (C=O) groups is 2. The second-order valence-corrected chi connectivity index (χ2v) is 5.41. The van der Waals surface area contributed by atoms with E-state index in [4.69, 9.17) is 4.74 Å². The molecule has 0 aliphatic carbocycles. The van der Waals surface area contributed by atoms with Gasteiger partial charge in [0.05, 0.1) is 12.7 Å². The first kappa shape index (κ1) is 15.8. The van der Waals surface area contributed by atoms with E-state index in [2.05, 4.69) is 10.3 Å². The van der Waals surface area contributed by atoms with Gasteiger partial charge in [-0.15, -0.1) is 0 Å². The minimum absolute atomic E-state index is 0.381. The van der Waals surface area contributed by atoms with E-state index in [0.29, 0.717) is 17.0 Å². The summed E-state index contributed by atoms with van der Waals surface area (Å²) in [4.78, 5) is 27.9. The molecule has 0 saturated carbocycles. The number of benzene rings is 2. The lowest BCUT2D eigenvalue weighted by Crippen LogP contribution is -2.22. The van der Waals surface area contributed by atoms with E-state index in [1.807, 2.05) is 25.1 Å². The van der Waals surface area contributed by atoms with Gasteiger partial charge in [0.15, 0.2) is 0 Å². The Morgan fingerprint density at radius 3 is 2.54 bits per heavy atom. The van der Waals surface area contributed by atoms with Crippen LogP contribution in [0.4, 0.5) is 5.69 Å². The normalized spacial score (nSPS) is 10.6. The van der Waals surface area contributed by atoms with Crippen LogP contribution in [0.3, 0.4) is 0 Å². The lowest BCUT2D eigenvalue weighted by Gasteiger charge is -2.05. The van der Waals surface area contributed by atoms with Crippen molar-refractivity contribution in [1.82, 2.24) is 4.98 Å². The summed E-state index contributed by atoms with van der Waals surface area (Å²) in [6, 6.07) is 12.6. The van der Waals surface area contributed by atoms with E-state index in [1.54, 1.807) is 37.6 Å². The van der Waals surface area contributed by atoms with Crippen molar-refractivity contribution >= 4 is 28.3 Å². The van der Waals surface area contributed by atoms with Crippen LogP contribution in [-0.2, 0) is 11.2 Å². The first-order valence-corrected chi connectivity index (χ1v) is 7.72. The highest BCUT2D eigenvalue weighted by Crippen LogP contribution is 2.23. The number of anilines is 1. The van der Waals surface area contributed by atoms with E-state index in [0.717, 1.165) is 22.9 Å². The molecule has 0 atom stereocenters. The highest BCUT2D eigenvalue weighted by molar-refractivity contribution is 6.48. The maximum absolute atomic E-state index is 12.5. The Bertz CT molecular complexity index is 895. The summed E-state index contributed by atoms with van der Waals surface area (Å²) >= 11 is 0. The number of fused-ring (bicyclic) bond motifs is 1. The minimum Gasteiger partial charge on any atom is -0.497 e. The maximum atomic E-state index is 12.5. The minimum atomic E-state index is -0.664. The number of hydrogen-bond donors (Lipinski definition) is 2. The van der Waals surface area contributed by atoms with E-state index in [9.17, 15) is 9.59 Å². The lowest BCUT2D eigenvalue weighted by molar-refractivity contribution is -0.112. The van der Waals surface area contributed by atoms with Crippen LogP contribution in [0.1, 0.15) is 22.8 Å². The molecular weight excluding hydrogens is 304 g/mol. The number of rotatable bonds is 5. The monoisotopic (exact) mass is 322 g/mol. The predicted molar refractivity (Wildman–Crippen MR) is 93.6 cm³/mol. The molecule has 24 heavy (non-hydrogen) atoms. The van der Waals surface area contributed by atoms with Crippen LogP contribution in [0.15, 0.2) is 48.7 Å². The van der Waals surface area contributed by atoms with E-state index < -0.39 is 11.7 Å². The average molecular weight is 322 g/mol. The van der Waals surface area contributed by atoms with Gasteiger partial charge < -0.3 is 15.0 Å².